The van der Waals surface area contributed by atoms with E-state index in [1.165, 1.54) is 18.2 Å². The van der Waals surface area contributed by atoms with E-state index in [-0.39, 0.29) is 49.4 Å². The van der Waals surface area contributed by atoms with E-state index in [1.54, 1.807) is 0 Å². The molecule has 7 rings (SSSR count). The minimum absolute atomic E-state index is 0.111. The smallest absolute Gasteiger partial charge is 0.435 e. The first-order chi connectivity index (χ1) is 25.6. The van der Waals surface area contributed by atoms with Crippen molar-refractivity contribution in [3.05, 3.63) is 87.3 Å². The number of rotatable bonds is 9. The van der Waals surface area contributed by atoms with Crippen LogP contribution in [-0.2, 0) is 36.4 Å². The highest BCUT2D eigenvalue weighted by atomic mass is 35.5. The molecule has 3 atom stereocenters. The Kier molecular flexibility index (Phi) is 8.92. The quantitative estimate of drug-likeness (QED) is 0.111. The molecule has 22 heteroatoms. The van der Waals surface area contributed by atoms with Crippen LogP contribution >= 0.6 is 11.6 Å². The fraction of sp³-hybridized carbons (Fsp3) is 0.303. The Balaban J connectivity index is 1.38. The normalized spacial score (nSPS) is 17.9. The zero-order chi connectivity index (χ0) is 39.9. The van der Waals surface area contributed by atoms with Gasteiger partial charge >= 0.3 is 18.4 Å². The van der Waals surface area contributed by atoms with E-state index in [4.69, 9.17) is 17.3 Å². The number of carbonyl (C=O) groups is 2. The van der Waals surface area contributed by atoms with Gasteiger partial charge in [-0.05, 0) is 54.7 Å². The van der Waals surface area contributed by atoms with Crippen LogP contribution in [0.4, 0.5) is 60.3 Å². The molecule has 2 aliphatic rings. The molecular weight excluding hydrogens is 782 g/mol. The third kappa shape index (κ3) is 7.07. The number of pyridine rings is 1. The second kappa shape index (κ2) is 13.0. The summed E-state index contributed by atoms with van der Waals surface area (Å²) in [5.74, 6) is -10.5. The molecule has 0 spiro atoms. The van der Waals surface area contributed by atoms with Gasteiger partial charge in [-0.25, -0.2) is 18.6 Å². The number of alkyl halides is 8. The van der Waals surface area contributed by atoms with Gasteiger partial charge in [-0.2, -0.15) is 45.3 Å². The summed E-state index contributed by atoms with van der Waals surface area (Å²) >= 11 is 6.31. The number of benzene rings is 2. The summed E-state index contributed by atoms with van der Waals surface area (Å²) < 4.78 is 143. The van der Waals surface area contributed by atoms with Gasteiger partial charge in [0.2, 0.25) is 5.91 Å². The second-order valence-electron chi connectivity index (χ2n) is 13.0. The first-order valence-electron chi connectivity index (χ1n) is 16.0. The number of carboxylic acid groups (broad SMARTS) is 1. The number of nitrogens with one attached hydrogen (secondary N) is 2. The van der Waals surface area contributed by atoms with E-state index in [0.717, 1.165) is 18.2 Å². The third-order valence-corrected chi connectivity index (χ3v) is 9.48. The minimum Gasteiger partial charge on any atom is -0.465 e. The lowest BCUT2D eigenvalue weighted by atomic mass is 9.94. The predicted octanol–water partition coefficient (Wildman–Crippen LogP) is 7.79. The molecule has 5 aromatic rings. The SMILES string of the molecule is Nc1nn(CC(F)(F)F)c2c(-c3ccc(NC(=O)O)nc3[C@H](Cc3cc(F)cc(F)c3)NC(=O)Cn3nc(C(F)(F)F)c4c3C(F)(F)[C@@H]3C[C@H]43)ccc(Cl)c12. The zero-order valence-electron chi connectivity index (χ0n) is 27.3. The lowest BCUT2D eigenvalue weighted by molar-refractivity contribution is -0.142. The number of aromatic nitrogens is 5. The number of halogens is 11. The molecule has 11 nitrogen and oxygen atoms in total. The monoisotopic (exact) mass is 804 g/mol. The van der Waals surface area contributed by atoms with Gasteiger partial charge in [0.15, 0.2) is 11.5 Å². The first-order valence-corrected chi connectivity index (χ1v) is 16.3. The predicted molar refractivity (Wildman–Crippen MR) is 173 cm³/mol. The van der Waals surface area contributed by atoms with Crippen LogP contribution < -0.4 is 16.4 Å². The van der Waals surface area contributed by atoms with Gasteiger partial charge in [0.05, 0.1) is 27.7 Å². The van der Waals surface area contributed by atoms with E-state index in [9.17, 15) is 49.8 Å². The molecule has 3 aromatic heterocycles. The van der Waals surface area contributed by atoms with Crippen LogP contribution in [0.3, 0.4) is 0 Å². The van der Waals surface area contributed by atoms with Crippen LogP contribution in [0.2, 0.25) is 5.02 Å². The van der Waals surface area contributed by atoms with Gasteiger partial charge in [0.1, 0.15) is 36.2 Å². The third-order valence-electron chi connectivity index (χ3n) is 9.17. The standard InChI is InChI=1S/C33H23ClF10N8O3/c34-19-3-1-16(26-24(19)29(45)50-52(26)11-31(37,38)39)15-2-4-21(48-30(54)55)47-25(15)20(7-12-5-13(35)8-14(36)6-12)46-22(53)10-51-28-23(27(49-51)33(42,43)44)17-9-18(17)32(28,40)41/h1-6,8,17-18,20H,7,9-11H2,(H2,45,50)(H,46,53)(H,47,48)(H,54,55)/t17-,18+,20-/m0/s1. The first kappa shape index (κ1) is 37.7. The second-order valence-corrected chi connectivity index (χ2v) is 13.4. The average Bonchev–Trinajstić information content (AvgIpc) is 3.58. The summed E-state index contributed by atoms with van der Waals surface area (Å²) in [5, 5.41) is 20.6. The van der Waals surface area contributed by atoms with Gasteiger partial charge in [0.25, 0.3) is 5.92 Å². The number of hydrogen-bond acceptors (Lipinski definition) is 6. The zero-order valence-corrected chi connectivity index (χ0v) is 28.1. The Labute approximate surface area is 306 Å². The molecule has 2 aliphatic carbocycles. The Morgan fingerprint density at radius 1 is 1.00 bits per heavy atom. The summed E-state index contributed by atoms with van der Waals surface area (Å²) in [6.07, 6.45) is -12.4. The van der Waals surface area contributed by atoms with Crippen molar-refractivity contribution in [1.29, 1.82) is 0 Å². The van der Waals surface area contributed by atoms with E-state index >= 15 is 8.78 Å². The number of nitrogens with zero attached hydrogens (tertiary/aromatic N) is 5. The lowest BCUT2D eigenvalue weighted by Gasteiger charge is -2.23. The highest BCUT2D eigenvalue weighted by molar-refractivity contribution is 6.37. The molecule has 2 amide bonds. The van der Waals surface area contributed by atoms with Crippen molar-refractivity contribution < 1.29 is 58.6 Å². The van der Waals surface area contributed by atoms with E-state index in [0.29, 0.717) is 10.7 Å². The molecule has 5 N–H and O–H groups in total. The Bertz CT molecular complexity index is 2370. The summed E-state index contributed by atoms with van der Waals surface area (Å²) in [7, 11) is 0. The number of hydrogen-bond donors (Lipinski definition) is 4. The highest BCUT2D eigenvalue weighted by Crippen LogP contribution is 2.68. The maximum absolute atomic E-state index is 15.3. The molecule has 1 saturated carbocycles. The molecule has 0 radical (unpaired) electrons. The van der Waals surface area contributed by atoms with Crippen molar-refractivity contribution >= 4 is 46.1 Å². The molecular formula is C33H23ClF10N8O3. The van der Waals surface area contributed by atoms with Crippen molar-refractivity contribution in [2.45, 2.75) is 56.2 Å². The van der Waals surface area contributed by atoms with E-state index < -0.39 is 108 Å². The van der Waals surface area contributed by atoms with Crippen LogP contribution in [0.1, 0.15) is 46.6 Å². The summed E-state index contributed by atoms with van der Waals surface area (Å²) in [5.41, 5.74) is 1.50. The van der Waals surface area contributed by atoms with Crippen molar-refractivity contribution in [2.75, 3.05) is 11.1 Å². The summed E-state index contributed by atoms with van der Waals surface area (Å²) in [6.45, 7) is -2.89. The maximum atomic E-state index is 15.3. The van der Waals surface area contributed by atoms with Gasteiger partial charge in [-0.3, -0.25) is 19.5 Å². The maximum Gasteiger partial charge on any atom is 0.435 e. The van der Waals surface area contributed by atoms with Crippen LogP contribution in [0.25, 0.3) is 22.0 Å². The van der Waals surface area contributed by atoms with E-state index in [1.807, 2.05) is 5.32 Å². The molecule has 0 bridgehead atoms. The van der Waals surface area contributed by atoms with Crippen LogP contribution in [0, 0.1) is 17.6 Å². The highest BCUT2D eigenvalue weighted by Gasteiger charge is 2.68. The number of nitrogen functional groups attached to an aromatic ring is 1. The van der Waals surface area contributed by atoms with Gasteiger partial charge < -0.3 is 16.2 Å². The number of amides is 2. The molecule has 3 heterocycles. The Hall–Kier alpha value is -5.60. The number of nitrogens with two attached hydrogens (primary N) is 1. The van der Waals surface area contributed by atoms with Gasteiger partial charge in [-0.1, -0.05) is 17.7 Å². The Morgan fingerprint density at radius 3 is 2.31 bits per heavy atom. The van der Waals surface area contributed by atoms with Crippen molar-refractivity contribution in [2.24, 2.45) is 5.92 Å². The van der Waals surface area contributed by atoms with Crippen LogP contribution in [-0.4, -0.2) is 47.8 Å². The molecule has 0 aliphatic heterocycles. The summed E-state index contributed by atoms with van der Waals surface area (Å²) in [6, 6.07) is 5.36. The van der Waals surface area contributed by atoms with Gasteiger partial charge in [0, 0.05) is 28.7 Å². The number of anilines is 2. The molecule has 1 fully saturated rings. The summed E-state index contributed by atoms with van der Waals surface area (Å²) in [4.78, 5) is 29.6. The molecule has 290 valence electrons. The molecule has 0 unspecified atom stereocenters. The van der Waals surface area contributed by atoms with Crippen LogP contribution in [0.15, 0.2) is 42.5 Å². The van der Waals surface area contributed by atoms with Gasteiger partial charge in [-0.15, -0.1) is 0 Å². The molecule has 55 heavy (non-hydrogen) atoms. The average molecular weight is 805 g/mol. The fourth-order valence-corrected chi connectivity index (χ4v) is 7.36. The van der Waals surface area contributed by atoms with Crippen LogP contribution in [0.5, 0.6) is 0 Å². The fourth-order valence-electron chi connectivity index (χ4n) is 7.11. The Morgan fingerprint density at radius 2 is 1.67 bits per heavy atom. The van der Waals surface area contributed by atoms with Crippen molar-refractivity contribution in [3.63, 3.8) is 0 Å². The molecule has 2 aromatic carbocycles. The van der Waals surface area contributed by atoms with Crippen molar-refractivity contribution in [3.8, 4) is 11.1 Å². The largest absolute Gasteiger partial charge is 0.465 e. The molecule has 0 saturated heterocycles. The van der Waals surface area contributed by atoms with Crippen molar-refractivity contribution in [1.82, 2.24) is 29.9 Å². The van der Waals surface area contributed by atoms with E-state index in [2.05, 4.69) is 20.5 Å². The topological polar surface area (TPSA) is 153 Å². The minimum atomic E-state index is -5.15. The number of fused-ring (bicyclic) bond motifs is 4. The number of carbonyl (C=O) groups excluding carboxylic acids is 1. The lowest BCUT2D eigenvalue weighted by Crippen LogP contribution is -2.35.